The molecule has 1 N–H and O–H groups in total. The lowest BCUT2D eigenvalue weighted by molar-refractivity contribution is 0.462. The van der Waals surface area contributed by atoms with E-state index in [1.54, 1.807) is 18.5 Å². The Bertz CT molecular complexity index is 695. The van der Waals surface area contributed by atoms with Gasteiger partial charge >= 0.3 is 0 Å². The molecule has 1 aromatic heterocycles. The Kier molecular flexibility index (Phi) is 2.86. The summed E-state index contributed by atoms with van der Waals surface area (Å²) in [4.78, 5) is 9.30. The fraction of sp³-hybridized carbons (Fsp3) is 0. The zero-order valence-electron chi connectivity index (χ0n) is 9.45. The molecule has 0 aliphatic rings. The first-order valence-corrected chi connectivity index (χ1v) is 6.32. The van der Waals surface area contributed by atoms with Crippen molar-refractivity contribution in [3.8, 4) is 5.75 Å². The molecule has 2 aromatic carbocycles. The average molecular weight is 254 g/mol. The van der Waals surface area contributed by atoms with Crippen molar-refractivity contribution in [2.24, 2.45) is 0 Å². The summed E-state index contributed by atoms with van der Waals surface area (Å²) in [6.07, 6.45) is 1.55. The van der Waals surface area contributed by atoms with E-state index in [2.05, 4.69) is 9.97 Å². The molecule has 3 nitrogen and oxygen atoms in total. The van der Waals surface area contributed by atoms with Gasteiger partial charge < -0.3 is 5.11 Å². The molecule has 0 radical (unpaired) electrons. The van der Waals surface area contributed by atoms with E-state index < -0.39 is 0 Å². The van der Waals surface area contributed by atoms with Crippen LogP contribution in [0.3, 0.4) is 0 Å². The van der Waals surface area contributed by atoms with Gasteiger partial charge in [-0.05, 0) is 18.2 Å². The highest BCUT2D eigenvalue weighted by atomic mass is 32.2. The summed E-state index contributed by atoms with van der Waals surface area (Å²) >= 11 is 1.44. The van der Waals surface area contributed by atoms with E-state index in [0.717, 1.165) is 20.8 Å². The van der Waals surface area contributed by atoms with E-state index in [4.69, 9.17) is 0 Å². The van der Waals surface area contributed by atoms with Gasteiger partial charge in [0, 0.05) is 5.39 Å². The quantitative estimate of drug-likeness (QED) is 0.711. The van der Waals surface area contributed by atoms with Gasteiger partial charge in [0.15, 0.2) is 0 Å². The average Bonchev–Trinajstić information content (AvgIpc) is 2.42. The van der Waals surface area contributed by atoms with Crippen molar-refractivity contribution in [2.75, 3.05) is 0 Å². The molecule has 0 saturated heterocycles. The molecule has 0 amide bonds. The third kappa shape index (κ3) is 2.02. The summed E-state index contributed by atoms with van der Waals surface area (Å²) in [5, 5.41) is 11.6. The Morgan fingerprint density at radius 1 is 0.889 bits per heavy atom. The van der Waals surface area contributed by atoms with Crippen LogP contribution in [-0.4, -0.2) is 15.1 Å². The predicted molar refractivity (Wildman–Crippen MR) is 71.8 cm³/mol. The van der Waals surface area contributed by atoms with E-state index in [0.29, 0.717) is 0 Å². The minimum absolute atomic E-state index is 0.269. The molecule has 0 saturated carbocycles. The second kappa shape index (κ2) is 4.66. The lowest BCUT2D eigenvalue weighted by Gasteiger charge is -2.05. The SMILES string of the molecule is Oc1ccccc1Sc1ncnc2ccccc12. The van der Waals surface area contributed by atoms with Crippen LogP contribution in [0.4, 0.5) is 0 Å². The highest BCUT2D eigenvalue weighted by molar-refractivity contribution is 7.99. The molecule has 0 bridgehead atoms. The number of rotatable bonds is 2. The highest BCUT2D eigenvalue weighted by Gasteiger charge is 2.07. The first-order chi connectivity index (χ1) is 8.84. The Morgan fingerprint density at radius 3 is 2.56 bits per heavy atom. The number of benzene rings is 2. The fourth-order valence-electron chi connectivity index (χ4n) is 1.71. The minimum Gasteiger partial charge on any atom is -0.507 e. The van der Waals surface area contributed by atoms with Crippen LogP contribution in [0.1, 0.15) is 0 Å². The van der Waals surface area contributed by atoms with E-state index in [9.17, 15) is 5.11 Å². The summed E-state index contributed by atoms with van der Waals surface area (Å²) in [6.45, 7) is 0. The minimum atomic E-state index is 0.269. The van der Waals surface area contributed by atoms with Crippen LogP contribution in [0.2, 0.25) is 0 Å². The number of hydrogen-bond donors (Lipinski definition) is 1. The van der Waals surface area contributed by atoms with Gasteiger partial charge in [0.05, 0.1) is 10.4 Å². The summed E-state index contributed by atoms with van der Waals surface area (Å²) in [5.41, 5.74) is 0.908. The van der Waals surface area contributed by atoms with Gasteiger partial charge in [0.1, 0.15) is 17.1 Å². The number of aromatic hydroxyl groups is 1. The maximum absolute atomic E-state index is 9.78. The first kappa shape index (κ1) is 11.0. The molecule has 18 heavy (non-hydrogen) atoms. The fourth-order valence-corrected chi connectivity index (χ4v) is 2.62. The van der Waals surface area contributed by atoms with Crippen LogP contribution in [0, 0.1) is 0 Å². The van der Waals surface area contributed by atoms with Crippen LogP contribution in [0.25, 0.3) is 10.9 Å². The number of nitrogens with zero attached hydrogens (tertiary/aromatic N) is 2. The second-order valence-electron chi connectivity index (χ2n) is 3.77. The molecule has 0 aliphatic carbocycles. The van der Waals surface area contributed by atoms with Crippen LogP contribution in [0.15, 0.2) is 64.8 Å². The molecule has 3 aromatic rings. The number of fused-ring (bicyclic) bond motifs is 1. The lowest BCUT2D eigenvalue weighted by atomic mass is 10.2. The van der Waals surface area contributed by atoms with Gasteiger partial charge in [-0.3, -0.25) is 0 Å². The molecule has 0 atom stereocenters. The molecule has 0 unspecified atom stereocenters. The number of phenolic OH excluding ortho intramolecular Hbond substituents is 1. The molecule has 0 fully saturated rings. The van der Waals surface area contributed by atoms with Gasteiger partial charge in [-0.15, -0.1) is 0 Å². The lowest BCUT2D eigenvalue weighted by Crippen LogP contribution is -1.86. The van der Waals surface area contributed by atoms with Crippen molar-refractivity contribution in [3.63, 3.8) is 0 Å². The predicted octanol–water partition coefficient (Wildman–Crippen LogP) is 3.49. The zero-order chi connectivity index (χ0) is 12.4. The number of phenols is 1. The maximum Gasteiger partial charge on any atom is 0.129 e. The Labute approximate surface area is 109 Å². The highest BCUT2D eigenvalue weighted by Crippen LogP contribution is 2.35. The number of aromatic nitrogens is 2. The van der Waals surface area contributed by atoms with Crippen LogP contribution in [0.5, 0.6) is 5.75 Å². The van der Waals surface area contributed by atoms with Gasteiger partial charge in [0.2, 0.25) is 0 Å². The molecule has 1 heterocycles. The molecule has 0 spiro atoms. The molecule has 3 rings (SSSR count). The Balaban J connectivity index is 2.08. The third-order valence-electron chi connectivity index (χ3n) is 2.58. The van der Waals surface area contributed by atoms with Crippen LogP contribution < -0.4 is 0 Å². The smallest absolute Gasteiger partial charge is 0.129 e. The molecule has 4 heteroatoms. The summed E-state index contributed by atoms with van der Waals surface area (Å²) in [5.74, 6) is 0.269. The van der Waals surface area contributed by atoms with E-state index >= 15 is 0 Å². The molecular weight excluding hydrogens is 244 g/mol. The maximum atomic E-state index is 9.78. The van der Waals surface area contributed by atoms with Crippen molar-refractivity contribution in [3.05, 3.63) is 54.9 Å². The van der Waals surface area contributed by atoms with Crippen LogP contribution in [-0.2, 0) is 0 Å². The molecule has 0 aliphatic heterocycles. The van der Waals surface area contributed by atoms with E-state index in [1.165, 1.54) is 11.8 Å². The third-order valence-corrected chi connectivity index (χ3v) is 3.66. The largest absolute Gasteiger partial charge is 0.507 e. The standard InChI is InChI=1S/C14H10N2OS/c17-12-7-3-4-8-13(12)18-14-10-5-1-2-6-11(10)15-9-16-14/h1-9,17H. The van der Waals surface area contributed by atoms with Gasteiger partial charge in [0.25, 0.3) is 0 Å². The van der Waals surface area contributed by atoms with Crippen molar-refractivity contribution in [1.82, 2.24) is 9.97 Å². The van der Waals surface area contributed by atoms with E-state index in [-0.39, 0.29) is 5.75 Å². The summed E-state index contributed by atoms with van der Waals surface area (Å²) in [7, 11) is 0. The Hall–Kier alpha value is -2.07. The van der Waals surface area contributed by atoms with Crippen molar-refractivity contribution < 1.29 is 5.11 Å². The summed E-state index contributed by atoms with van der Waals surface area (Å²) in [6, 6.07) is 15.1. The molecule has 88 valence electrons. The van der Waals surface area contributed by atoms with Gasteiger partial charge in [-0.2, -0.15) is 0 Å². The summed E-state index contributed by atoms with van der Waals surface area (Å²) < 4.78 is 0. The van der Waals surface area contributed by atoms with Gasteiger partial charge in [-0.25, -0.2) is 9.97 Å². The van der Waals surface area contributed by atoms with Crippen molar-refractivity contribution in [1.29, 1.82) is 0 Å². The topological polar surface area (TPSA) is 46.0 Å². The second-order valence-corrected chi connectivity index (χ2v) is 4.80. The number of para-hydroxylation sites is 2. The normalized spacial score (nSPS) is 10.7. The Morgan fingerprint density at radius 2 is 1.67 bits per heavy atom. The van der Waals surface area contributed by atoms with Crippen LogP contribution >= 0.6 is 11.8 Å². The monoisotopic (exact) mass is 254 g/mol. The zero-order valence-corrected chi connectivity index (χ0v) is 10.3. The van der Waals surface area contributed by atoms with Gasteiger partial charge in [-0.1, -0.05) is 42.1 Å². The number of hydrogen-bond acceptors (Lipinski definition) is 4. The van der Waals surface area contributed by atoms with Crippen molar-refractivity contribution in [2.45, 2.75) is 9.92 Å². The van der Waals surface area contributed by atoms with E-state index in [1.807, 2.05) is 36.4 Å². The van der Waals surface area contributed by atoms with Crippen molar-refractivity contribution >= 4 is 22.7 Å². The molecular formula is C14H10N2OS. The first-order valence-electron chi connectivity index (χ1n) is 5.50.